The molecule has 2 aromatic rings. The lowest BCUT2D eigenvalue weighted by atomic mass is 9.95. The normalized spacial score (nSPS) is 18.3. The Hall–Kier alpha value is -1.73. The summed E-state index contributed by atoms with van der Waals surface area (Å²) in [5, 5.41) is 8.04. The number of thiophene rings is 1. The first-order valence-electron chi connectivity index (χ1n) is 7.97. The molecule has 3 heterocycles. The second-order valence-corrected chi connectivity index (χ2v) is 6.49. The van der Waals surface area contributed by atoms with Crippen LogP contribution in [0.4, 0.5) is 0 Å². The summed E-state index contributed by atoms with van der Waals surface area (Å²) in [6, 6.07) is 1.98. The van der Waals surface area contributed by atoms with Gasteiger partial charge in [-0.05, 0) is 37.1 Å². The van der Waals surface area contributed by atoms with Crippen molar-refractivity contribution in [2.45, 2.75) is 26.2 Å². The van der Waals surface area contributed by atoms with Crippen LogP contribution in [0.5, 0.6) is 0 Å². The molecule has 1 amide bonds. The Bertz CT molecular complexity index is 626. The van der Waals surface area contributed by atoms with E-state index < -0.39 is 0 Å². The first kappa shape index (κ1) is 16.1. The fourth-order valence-corrected chi connectivity index (χ4v) is 3.47. The van der Waals surface area contributed by atoms with Crippen molar-refractivity contribution >= 4 is 17.2 Å². The summed E-state index contributed by atoms with van der Waals surface area (Å²) in [6.07, 6.45) is 2.80. The van der Waals surface area contributed by atoms with Crippen LogP contribution < -0.4 is 0 Å². The van der Waals surface area contributed by atoms with Crippen LogP contribution in [0, 0.1) is 5.92 Å². The highest BCUT2D eigenvalue weighted by atomic mass is 32.1. The smallest absolute Gasteiger partial charge is 0.248 e. The molecule has 3 rings (SSSR count). The number of hydrogen-bond acceptors (Lipinski definition) is 6. The molecule has 124 valence electrons. The lowest BCUT2D eigenvalue weighted by Crippen LogP contribution is -2.42. The molecule has 0 aliphatic carbocycles. The Balaban J connectivity index is 1.56. The third kappa shape index (κ3) is 4.17. The number of ether oxygens (including phenoxy) is 1. The minimum absolute atomic E-state index is 0.0704. The van der Waals surface area contributed by atoms with Crippen molar-refractivity contribution in [2.24, 2.45) is 5.92 Å². The zero-order valence-corrected chi connectivity index (χ0v) is 14.1. The average molecular weight is 335 g/mol. The lowest BCUT2D eigenvalue weighted by Gasteiger charge is -2.32. The van der Waals surface area contributed by atoms with Gasteiger partial charge in [-0.3, -0.25) is 4.79 Å². The summed E-state index contributed by atoms with van der Waals surface area (Å²) in [5.74, 6) is 1.72. The van der Waals surface area contributed by atoms with Gasteiger partial charge in [-0.25, -0.2) is 0 Å². The van der Waals surface area contributed by atoms with Gasteiger partial charge in [0, 0.05) is 37.1 Å². The van der Waals surface area contributed by atoms with Gasteiger partial charge in [-0.2, -0.15) is 16.3 Å². The van der Waals surface area contributed by atoms with E-state index in [2.05, 4.69) is 10.1 Å². The summed E-state index contributed by atoms with van der Waals surface area (Å²) in [7, 11) is 0. The van der Waals surface area contributed by atoms with E-state index in [-0.39, 0.29) is 12.5 Å². The van der Waals surface area contributed by atoms with Crippen LogP contribution in [0.15, 0.2) is 21.3 Å². The molecule has 23 heavy (non-hydrogen) atoms. The van der Waals surface area contributed by atoms with Gasteiger partial charge in [0.05, 0.1) is 0 Å². The molecule has 0 radical (unpaired) electrons. The van der Waals surface area contributed by atoms with Crippen molar-refractivity contribution in [2.75, 3.05) is 26.3 Å². The molecule has 0 spiro atoms. The molecule has 6 nitrogen and oxygen atoms in total. The second-order valence-electron chi connectivity index (χ2n) is 5.71. The summed E-state index contributed by atoms with van der Waals surface area (Å²) in [6.45, 7) is 4.18. The number of carbonyl (C=O) groups excluding carboxylic acids is 1. The Morgan fingerprint density at radius 1 is 1.57 bits per heavy atom. The molecular formula is C16H21N3O3S. The van der Waals surface area contributed by atoms with Crippen molar-refractivity contribution in [3.8, 4) is 11.4 Å². The molecular weight excluding hydrogens is 314 g/mol. The lowest BCUT2D eigenvalue weighted by molar-refractivity contribution is -0.137. The highest BCUT2D eigenvalue weighted by molar-refractivity contribution is 7.08. The minimum Gasteiger partial charge on any atom is -0.372 e. The number of rotatable bonds is 6. The first-order valence-corrected chi connectivity index (χ1v) is 8.91. The molecule has 0 saturated carbocycles. The summed E-state index contributed by atoms with van der Waals surface area (Å²) in [4.78, 5) is 18.4. The first-order chi connectivity index (χ1) is 11.3. The van der Waals surface area contributed by atoms with Crippen molar-refractivity contribution in [3.63, 3.8) is 0 Å². The van der Waals surface area contributed by atoms with E-state index in [1.54, 1.807) is 11.3 Å². The monoisotopic (exact) mass is 335 g/mol. The van der Waals surface area contributed by atoms with Gasteiger partial charge in [0.25, 0.3) is 0 Å². The van der Waals surface area contributed by atoms with Crippen LogP contribution in [0.3, 0.4) is 0 Å². The van der Waals surface area contributed by atoms with Crippen molar-refractivity contribution < 1.29 is 14.1 Å². The van der Waals surface area contributed by atoms with E-state index in [0.29, 0.717) is 24.2 Å². The van der Waals surface area contributed by atoms with Crippen LogP contribution in [0.25, 0.3) is 11.4 Å². The number of aromatic nitrogens is 2. The molecule has 1 unspecified atom stereocenters. The van der Waals surface area contributed by atoms with Crippen LogP contribution in [-0.2, 0) is 16.0 Å². The Morgan fingerprint density at radius 3 is 3.26 bits per heavy atom. The predicted octanol–water partition coefficient (Wildman–Crippen LogP) is 2.62. The maximum Gasteiger partial charge on any atom is 0.248 e. The molecule has 2 aromatic heterocycles. The van der Waals surface area contributed by atoms with Crippen LogP contribution in [0.2, 0.25) is 0 Å². The molecule has 7 heteroatoms. The zero-order valence-electron chi connectivity index (χ0n) is 13.2. The molecule has 0 aromatic carbocycles. The highest BCUT2D eigenvalue weighted by Gasteiger charge is 2.25. The predicted molar refractivity (Wildman–Crippen MR) is 87.1 cm³/mol. The number of likely N-dealkylation sites (tertiary alicyclic amines) is 1. The van der Waals surface area contributed by atoms with Crippen molar-refractivity contribution in [1.29, 1.82) is 0 Å². The highest BCUT2D eigenvalue weighted by Crippen LogP contribution is 2.23. The van der Waals surface area contributed by atoms with Gasteiger partial charge < -0.3 is 14.2 Å². The fourth-order valence-electron chi connectivity index (χ4n) is 2.83. The molecule has 1 aliphatic heterocycles. The number of nitrogens with zero attached hydrogens (tertiary/aromatic N) is 3. The van der Waals surface area contributed by atoms with Crippen LogP contribution in [0.1, 0.15) is 25.7 Å². The number of amides is 1. The number of carbonyl (C=O) groups is 1. The van der Waals surface area contributed by atoms with E-state index in [0.717, 1.165) is 37.9 Å². The summed E-state index contributed by atoms with van der Waals surface area (Å²) < 4.78 is 10.6. The van der Waals surface area contributed by atoms with E-state index in [1.165, 1.54) is 0 Å². The van der Waals surface area contributed by atoms with Gasteiger partial charge >= 0.3 is 0 Å². The quantitative estimate of drug-likeness (QED) is 0.812. The van der Waals surface area contributed by atoms with Gasteiger partial charge in [-0.15, -0.1) is 0 Å². The van der Waals surface area contributed by atoms with Gasteiger partial charge in [0.15, 0.2) is 0 Å². The van der Waals surface area contributed by atoms with E-state index in [9.17, 15) is 4.79 Å². The van der Waals surface area contributed by atoms with Crippen LogP contribution >= 0.6 is 11.3 Å². The molecule has 0 bridgehead atoms. The van der Waals surface area contributed by atoms with Gasteiger partial charge in [0.1, 0.15) is 6.61 Å². The molecule has 1 fully saturated rings. The summed E-state index contributed by atoms with van der Waals surface area (Å²) in [5.41, 5.74) is 0.988. The maximum atomic E-state index is 12.1. The third-order valence-corrected chi connectivity index (χ3v) is 4.70. The van der Waals surface area contributed by atoms with E-state index in [1.807, 2.05) is 28.7 Å². The molecule has 1 atom stereocenters. The molecule has 1 aliphatic rings. The number of piperidine rings is 1. The Kier molecular flexibility index (Phi) is 5.40. The second kappa shape index (κ2) is 7.70. The zero-order chi connectivity index (χ0) is 16.1. The third-order valence-electron chi connectivity index (χ3n) is 4.01. The topological polar surface area (TPSA) is 68.5 Å². The van der Waals surface area contributed by atoms with Gasteiger partial charge in [-0.1, -0.05) is 5.16 Å². The van der Waals surface area contributed by atoms with Crippen molar-refractivity contribution in [3.05, 3.63) is 22.7 Å². The number of hydrogen-bond donors (Lipinski definition) is 0. The van der Waals surface area contributed by atoms with E-state index >= 15 is 0 Å². The summed E-state index contributed by atoms with van der Waals surface area (Å²) >= 11 is 1.61. The SMILES string of the molecule is CCOCC(=O)N1CCCC(Cc2nc(-c3ccsc3)no2)C1. The molecule has 0 N–H and O–H groups in total. The average Bonchev–Trinajstić information content (AvgIpc) is 3.24. The standard InChI is InChI=1S/C16H21N3O3S/c1-2-21-10-15(20)19-6-3-4-12(9-19)8-14-17-16(18-22-14)13-5-7-23-11-13/h5,7,11-12H,2-4,6,8-10H2,1H3. The molecule has 1 saturated heterocycles. The Morgan fingerprint density at radius 2 is 2.48 bits per heavy atom. The van der Waals surface area contributed by atoms with Crippen molar-refractivity contribution in [1.82, 2.24) is 15.0 Å². The minimum atomic E-state index is 0.0704. The van der Waals surface area contributed by atoms with Gasteiger partial charge in [0.2, 0.25) is 17.6 Å². The fraction of sp³-hybridized carbons (Fsp3) is 0.562. The largest absolute Gasteiger partial charge is 0.372 e. The maximum absolute atomic E-state index is 12.1. The van der Waals surface area contributed by atoms with E-state index in [4.69, 9.17) is 9.26 Å². The van der Waals surface area contributed by atoms with Crippen LogP contribution in [-0.4, -0.2) is 47.3 Å². The Labute approximate surface area is 139 Å².